The molecule has 1 unspecified atom stereocenters. The van der Waals surface area contributed by atoms with Gasteiger partial charge in [0.1, 0.15) is 5.75 Å². The van der Waals surface area contributed by atoms with Crippen molar-refractivity contribution in [2.75, 3.05) is 26.7 Å². The van der Waals surface area contributed by atoms with Crippen molar-refractivity contribution in [2.45, 2.75) is 38.6 Å². The summed E-state index contributed by atoms with van der Waals surface area (Å²) < 4.78 is 5.58. The quantitative estimate of drug-likeness (QED) is 0.921. The van der Waals surface area contributed by atoms with E-state index in [1.807, 2.05) is 12.1 Å². The molecule has 23 heavy (non-hydrogen) atoms. The van der Waals surface area contributed by atoms with Gasteiger partial charge in [-0.3, -0.25) is 4.79 Å². The number of nitrogens with one attached hydrogen (secondary N) is 1. The van der Waals surface area contributed by atoms with E-state index in [2.05, 4.69) is 36.2 Å². The monoisotopic (exact) mass is 338 g/mol. The van der Waals surface area contributed by atoms with Crippen LogP contribution < -0.4 is 10.1 Å². The number of ether oxygens (including phenoxy) is 1. The summed E-state index contributed by atoms with van der Waals surface area (Å²) in [6.07, 6.45) is 1.83. The van der Waals surface area contributed by atoms with Crippen LogP contribution in [0.3, 0.4) is 0 Å². The summed E-state index contributed by atoms with van der Waals surface area (Å²) in [4.78, 5) is 15.2. The van der Waals surface area contributed by atoms with Crippen LogP contribution >= 0.6 is 12.4 Å². The van der Waals surface area contributed by atoms with E-state index in [1.165, 1.54) is 5.56 Å². The first-order valence-corrected chi connectivity index (χ1v) is 8.25. The number of hydrogen-bond acceptors (Lipinski definition) is 3. The van der Waals surface area contributed by atoms with Crippen LogP contribution in [0.1, 0.15) is 38.2 Å². The molecule has 1 spiro atoms. The SMILES string of the molecule is COc1ccccc1C1CN(C(C)C)C(=O)C12CCNCC2.Cl. The van der Waals surface area contributed by atoms with Gasteiger partial charge in [-0.2, -0.15) is 0 Å². The Balaban J connectivity index is 0.00000192. The Morgan fingerprint density at radius 1 is 1.26 bits per heavy atom. The number of nitrogens with zero attached hydrogens (tertiary/aromatic N) is 1. The van der Waals surface area contributed by atoms with Gasteiger partial charge in [0.25, 0.3) is 0 Å². The Bertz CT molecular complexity index is 556. The molecule has 1 aromatic rings. The molecule has 4 nitrogen and oxygen atoms in total. The molecule has 0 radical (unpaired) electrons. The molecule has 0 saturated carbocycles. The van der Waals surface area contributed by atoms with Gasteiger partial charge in [0, 0.05) is 24.1 Å². The van der Waals surface area contributed by atoms with E-state index in [9.17, 15) is 4.79 Å². The van der Waals surface area contributed by atoms with Gasteiger partial charge in [-0.15, -0.1) is 12.4 Å². The Kier molecular flexibility index (Phi) is 5.58. The molecule has 0 aromatic heterocycles. The molecule has 2 aliphatic heterocycles. The van der Waals surface area contributed by atoms with Crippen LogP contribution in [0, 0.1) is 5.41 Å². The zero-order valence-electron chi connectivity index (χ0n) is 14.2. The summed E-state index contributed by atoms with van der Waals surface area (Å²) in [6.45, 7) is 6.86. The number of para-hydroxylation sites is 1. The van der Waals surface area contributed by atoms with Gasteiger partial charge in [-0.1, -0.05) is 18.2 Å². The molecule has 2 heterocycles. The predicted molar refractivity (Wildman–Crippen MR) is 94.4 cm³/mol. The molecule has 3 rings (SSSR count). The van der Waals surface area contributed by atoms with Crippen molar-refractivity contribution >= 4 is 18.3 Å². The lowest BCUT2D eigenvalue weighted by molar-refractivity contribution is -0.139. The summed E-state index contributed by atoms with van der Waals surface area (Å²) in [7, 11) is 1.71. The third-order valence-corrected chi connectivity index (χ3v) is 5.37. The Morgan fingerprint density at radius 3 is 2.52 bits per heavy atom. The van der Waals surface area contributed by atoms with Gasteiger partial charge in [0.2, 0.25) is 5.91 Å². The summed E-state index contributed by atoms with van der Waals surface area (Å²) in [5.41, 5.74) is 0.924. The third-order valence-electron chi connectivity index (χ3n) is 5.37. The lowest BCUT2D eigenvalue weighted by atomic mass is 9.68. The topological polar surface area (TPSA) is 41.6 Å². The smallest absolute Gasteiger partial charge is 0.229 e. The summed E-state index contributed by atoms with van der Waals surface area (Å²) in [6, 6.07) is 8.43. The number of rotatable bonds is 3. The molecule has 128 valence electrons. The average Bonchev–Trinajstić information content (AvgIpc) is 2.81. The zero-order chi connectivity index (χ0) is 15.7. The lowest BCUT2D eigenvalue weighted by Gasteiger charge is -2.37. The molecule has 0 bridgehead atoms. The van der Waals surface area contributed by atoms with Crippen LogP contribution in [-0.2, 0) is 4.79 Å². The Labute approximate surface area is 145 Å². The molecular formula is C18H27ClN2O2. The fourth-order valence-corrected chi connectivity index (χ4v) is 4.12. The van der Waals surface area contributed by atoms with E-state index < -0.39 is 0 Å². The largest absolute Gasteiger partial charge is 0.496 e. The number of likely N-dealkylation sites (tertiary alicyclic amines) is 1. The van der Waals surface area contributed by atoms with Crippen molar-refractivity contribution in [3.63, 3.8) is 0 Å². The minimum Gasteiger partial charge on any atom is -0.496 e. The highest BCUT2D eigenvalue weighted by atomic mass is 35.5. The number of carbonyl (C=O) groups is 1. The normalized spacial score (nSPS) is 23.2. The van der Waals surface area contributed by atoms with Crippen molar-refractivity contribution in [2.24, 2.45) is 5.41 Å². The van der Waals surface area contributed by atoms with Crippen LogP contribution in [0.4, 0.5) is 0 Å². The van der Waals surface area contributed by atoms with Gasteiger partial charge >= 0.3 is 0 Å². The molecule has 2 aliphatic rings. The Hall–Kier alpha value is -1.26. The maximum absolute atomic E-state index is 13.2. The molecule has 1 aromatic carbocycles. The van der Waals surface area contributed by atoms with Crippen LogP contribution in [0.25, 0.3) is 0 Å². The standard InChI is InChI=1S/C18H26N2O2.ClH/c1-13(2)20-12-15(14-6-4-5-7-16(14)22-3)18(17(20)21)8-10-19-11-9-18;/h4-7,13,15,19H,8-12H2,1-3H3;1H. The van der Waals surface area contributed by atoms with Gasteiger partial charge < -0.3 is 15.0 Å². The van der Waals surface area contributed by atoms with Crippen molar-refractivity contribution in [3.8, 4) is 5.75 Å². The first kappa shape index (κ1) is 18.1. The van der Waals surface area contributed by atoms with Crippen molar-refractivity contribution in [1.82, 2.24) is 10.2 Å². The van der Waals surface area contributed by atoms with Crippen LogP contribution in [-0.4, -0.2) is 43.6 Å². The van der Waals surface area contributed by atoms with Crippen LogP contribution in [0.2, 0.25) is 0 Å². The maximum atomic E-state index is 13.2. The number of piperidine rings is 1. The summed E-state index contributed by atoms with van der Waals surface area (Å²) in [5.74, 6) is 1.46. The first-order valence-electron chi connectivity index (χ1n) is 8.25. The van der Waals surface area contributed by atoms with Crippen LogP contribution in [0.15, 0.2) is 24.3 Å². The minimum atomic E-state index is -0.260. The number of carbonyl (C=O) groups excluding carboxylic acids is 1. The minimum absolute atomic E-state index is 0. The summed E-state index contributed by atoms with van der Waals surface area (Å²) >= 11 is 0. The fourth-order valence-electron chi connectivity index (χ4n) is 4.12. The first-order chi connectivity index (χ1) is 10.6. The molecule has 5 heteroatoms. The number of benzene rings is 1. The second kappa shape index (κ2) is 7.10. The lowest BCUT2D eigenvalue weighted by Crippen LogP contribution is -2.45. The average molecular weight is 339 g/mol. The molecule has 0 aliphatic carbocycles. The third kappa shape index (κ3) is 2.94. The highest BCUT2D eigenvalue weighted by molar-refractivity contribution is 5.87. The van der Waals surface area contributed by atoms with E-state index in [0.717, 1.165) is 38.2 Å². The molecular weight excluding hydrogens is 312 g/mol. The number of amides is 1. The maximum Gasteiger partial charge on any atom is 0.229 e. The van der Waals surface area contributed by atoms with Gasteiger partial charge in [0.05, 0.1) is 12.5 Å². The van der Waals surface area contributed by atoms with E-state index in [1.54, 1.807) is 7.11 Å². The van der Waals surface area contributed by atoms with E-state index >= 15 is 0 Å². The zero-order valence-corrected chi connectivity index (χ0v) is 15.0. The van der Waals surface area contributed by atoms with E-state index in [-0.39, 0.29) is 29.8 Å². The van der Waals surface area contributed by atoms with E-state index in [4.69, 9.17) is 4.74 Å². The van der Waals surface area contributed by atoms with Gasteiger partial charge in [-0.25, -0.2) is 0 Å². The molecule has 2 saturated heterocycles. The van der Waals surface area contributed by atoms with Gasteiger partial charge in [0.15, 0.2) is 0 Å². The molecule has 2 fully saturated rings. The van der Waals surface area contributed by atoms with Crippen molar-refractivity contribution in [3.05, 3.63) is 29.8 Å². The number of methoxy groups -OCH3 is 1. The van der Waals surface area contributed by atoms with Crippen molar-refractivity contribution < 1.29 is 9.53 Å². The molecule has 1 atom stereocenters. The highest BCUT2D eigenvalue weighted by Crippen LogP contribution is 2.51. The van der Waals surface area contributed by atoms with Crippen molar-refractivity contribution in [1.29, 1.82) is 0 Å². The van der Waals surface area contributed by atoms with Crippen LogP contribution in [0.5, 0.6) is 5.75 Å². The summed E-state index contributed by atoms with van der Waals surface area (Å²) in [5, 5.41) is 3.40. The number of hydrogen-bond donors (Lipinski definition) is 1. The molecule has 1 amide bonds. The number of halogens is 1. The highest BCUT2D eigenvalue weighted by Gasteiger charge is 2.55. The van der Waals surface area contributed by atoms with Gasteiger partial charge in [-0.05, 0) is 45.8 Å². The second-order valence-corrected chi connectivity index (χ2v) is 6.75. The molecule has 1 N–H and O–H groups in total. The predicted octanol–water partition coefficient (Wildman–Crippen LogP) is 2.82. The fraction of sp³-hybridized carbons (Fsp3) is 0.611. The van der Waals surface area contributed by atoms with E-state index in [0.29, 0.717) is 5.91 Å². The Morgan fingerprint density at radius 2 is 1.91 bits per heavy atom. The second-order valence-electron chi connectivity index (χ2n) is 6.75.